The van der Waals surface area contributed by atoms with Crippen LogP contribution >= 0.6 is 0 Å². The van der Waals surface area contributed by atoms with Crippen molar-refractivity contribution in [2.45, 2.75) is 47.0 Å². The molecule has 0 aliphatic carbocycles. The highest BCUT2D eigenvalue weighted by molar-refractivity contribution is 5.94. The van der Waals surface area contributed by atoms with Gasteiger partial charge in [-0.2, -0.15) is 0 Å². The number of nitrogens with zero attached hydrogens (tertiary/aromatic N) is 2. The number of hydrogen-bond acceptors (Lipinski definition) is 3. The molecule has 1 aromatic heterocycles. The summed E-state index contributed by atoms with van der Waals surface area (Å²) >= 11 is 0. The monoisotopic (exact) mass is 291 g/mol. The standard InChI is InChI=1S/C17H29N3O/c1-7-8-18-16-10-14(9-15(19-16)13(4)5)17(21)20(6)11-12(2)3/h9-10,12-13H,7-8,11H2,1-6H3,(H,18,19). The Morgan fingerprint density at radius 3 is 2.48 bits per heavy atom. The van der Waals surface area contributed by atoms with Gasteiger partial charge in [-0.3, -0.25) is 4.79 Å². The van der Waals surface area contributed by atoms with E-state index in [0.717, 1.165) is 36.6 Å². The van der Waals surface area contributed by atoms with E-state index in [1.165, 1.54) is 0 Å². The van der Waals surface area contributed by atoms with Crippen molar-refractivity contribution in [3.05, 3.63) is 23.4 Å². The third kappa shape index (κ3) is 5.37. The Labute approximate surface area is 129 Å². The third-order valence-corrected chi connectivity index (χ3v) is 3.23. The van der Waals surface area contributed by atoms with Gasteiger partial charge in [0.2, 0.25) is 0 Å². The number of hydrogen-bond donors (Lipinski definition) is 1. The zero-order chi connectivity index (χ0) is 16.0. The van der Waals surface area contributed by atoms with E-state index >= 15 is 0 Å². The lowest BCUT2D eigenvalue weighted by molar-refractivity contribution is 0.0779. The molecule has 4 nitrogen and oxygen atoms in total. The Bertz CT molecular complexity index is 469. The third-order valence-electron chi connectivity index (χ3n) is 3.23. The van der Waals surface area contributed by atoms with Gasteiger partial charge < -0.3 is 10.2 Å². The molecule has 21 heavy (non-hydrogen) atoms. The summed E-state index contributed by atoms with van der Waals surface area (Å²) in [6, 6.07) is 3.78. The van der Waals surface area contributed by atoms with Crippen molar-refractivity contribution in [3.63, 3.8) is 0 Å². The number of anilines is 1. The molecule has 0 aliphatic heterocycles. The molecule has 1 heterocycles. The molecule has 0 bridgehead atoms. The smallest absolute Gasteiger partial charge is 0.253 e. The second-order valence-corrected chi connectivity index (χ2v) is 6.33. The normalized spacial score (nSPS) is 11.0. The highest BCUT2D eigenvalue weighted by Gasteiger charge is 2.16. The average Bonchev–Trinajstić information content (AvgIpc) is 2.43. The van der Waals surface area contributed by atoms with E-state index in [0.29, 0.717) is 11.8 Å². The van der Waals surface area contributed by atoms with Crippen LogP contribution < -0.4 is 5.32 Å². The molecule has 0 fully saturated rings. The summed E-state index contributed by atoms with van der Waals surface area (Å²) in [5, 5.41) is 3.28. The fourth-order valence-electron chi connectivity index (χ4n) is 2.17. The zero-order valence-corrected chi connectivity index (χ0v) is 14.2. The Balaban J connectivity index is 3.03. The summed E-state index contributed by atoms with van der Waals surface area (Å²) < 4.78 is 0. The highest BCUT2D eigenvalue weighted by Crippen LogP contribution is 2.19. The molecule has 118 valence electrons. The molecule has 0 saturated carbocycles. The minimum atomic E-state index is 0.0625. The fraction of sp³-hybridized carbons (Fsp3) is 0.647. The first kappa shape index (κ1) is 17.5. The van der Waals surface area contributed by atoms with Crippen molar-refractivity contribution >= 4 is 11.7 Å². The molecular weight excluding hydrogens is 262 g/mol. The van der Waals surface area contributed by atoms with E-state index in [2.05, 4.69) is 44.9 Å². The van der Waals surface area contributed by atoms with E-state index in [1.54, 1.807) is 4.90 Å². The quantitative estimate of drug-likeness (QED) is 0.832. The summed E-state index contributed by atoms with van der Waals surface area (Å²) in [6.07, 6.45) is 1.03. The minimum Gasteiger partial charge on any atom is -0.370 e. The summed E-state index contributed by atoms with van der Waals surface area (Å²) in [6.45, 7) is 12.2. The average molecular weight is 291 g/mol. The Hall–Kier alpha value is -1.58. The van der Waals surface area contributed by atoms with Gasteiger partial charge in [-0.1, -0.05) is 34.6 Å². The van der Waals surface area contributed by atoms with Gasteiger partial charge >= 0.3 is 0 Å². The van der Waals surface area contributed by atoms with Crippen LogP contribution in [0.3, 0.4) is 0 Å². The molecule has 0 aliphatic rings. The van der Waals surface area contributed by atoms with Crippen LogP contribution in [0.25, 0.3) is 0 Å². The van der Waals surface area contributed by atoms with Crippen LogP contribution in [0.15, 0.2) is 12.1 Å². The van der Waals surface area contributed by atoms with Crippen molar-refractivity contribution in [3.8, 4) is 0 Å². The Morgan fingerprint density at radius 1 is 1.29 bits per heavy atom. The number of nitrogens with one attached hydrogen (secondary N) is 1. The molecule has 1 N–H and O–H groups in total. The number of rotatable bonds is 7. The maximum absolute atomic E-state index is 12.6. The van der Waals surface area contributed by atoms with Crippen LogP contribution in [-0.4, -0.2) is 35.9 Å². The molecule has 0 unspecified atom stereocenters. The lowest BCUT2D eigenvalue weighted by Crippen LogP contribution is -2.30. The maximum Gasteiger partial charge on any atom is 0.253 e. The predicted octanol–water partition coefficient (Wildman–Crippen LogP) is 3.75. The first-order valence-electron chi connectivity index (χ1n) is 7.86. The van der Waals surface area contributed by atoms with E-state index in [9.17, 15) is 4.79 Å². The number of carbonyl (C=O) groups excluding carboxylic acids is 1. The van der Waals surface area contributed by atoms with E-state index in [-0.39, 0.29) is 5.91 Å². The van der Waals surface area contributed by atoms with Crippen LogP contribution in [-0.2, 0) is 0 Å². The van der Waals surface area contributed by atoms with E-state index in [1.807, 2.05) is 19.2 Å². The number of amides is 1. The van der Waals surface area contributed by atoms with E-state index < -0.39 is 0 Å². The highest BCUT2D eigenvalue weighted by atomic mass is 16.2. The van der Waals surface area contributed by atoms with Crippen LogP contribution in [0.1, 0.15) is 63.0 Å². The number of pyridine rings is 1. The van der Waals surface area contributed by atoms with Gasteiger partial charge in [0, 0.05) is 31.4 Å². The zero-order valence-electron chi connectivity index (χ0n) is 14.2. The second-order valence-electron chi connectivity index (χ2n) is 6.33. The van der Waals surface area contributed by atoms with Crippen molar-refractivity contribution < 1.29 is 4.79 Å². The topological polar surface area (TPSA) is 45.2 Å². The SMILES string of the molecule is CCCNc1cc(C(=O)N(C)CC(C)C)cc(C(C)C)n1. The molecule has 0 saturated heterocycles. The molecule has 1 amide bonds. The second kappa shape index (κ2) is 8.01. The molecule has 0 spiro atoms. The first-order chi connectivity index (χ1) is 9.85. The van der Waals surface area contributed by atoms with Gasteiger partial charge in [0.05, 0.1) is 0 Å². The molecule has 4 heteroatoms. The minimum absolute atomic E-state index is 0.0625. The van der Waals surface area contributed by atoms with Crippen LogP contribution in [0, 0.1) is 5.92 Å². The first-order valence-corrected chi connectivity index (χ1v) is 7.86. The molecular formula is C17H29N3O. The van der Waals surface area contributed by atoms with Crippen molar-refractivity contribution in [1.29, 1.82) is 0 Å². The van der Waals surface area contributed by atoms with Gasteiger partial charge in [0.15, 0.2) is 0 Å². The van der Waals surface area contributed by atoms with Gasteiger partial charge in [0.1, 0.15) is 5.82 Å². The van der Waals surface area contributed by atoms with Crippen molar-refractivity contribution in [2.75, 3.05) is 25.5 Å². The van der Waals surface area contributed by atoms with Crippen LogP contribution in [0.4, 0.5) is 5.82 Å². The van der Waals surface area contributed by atoms with Gasteiger partial charge in [-0.15, -0.1) is 0 Å². The van der Waals surface area contributed by atoms with E-state index in [4.69, 9.17) is 0 Å². The van der Waals surface area contributed by atoms with Gasteiger partial charge in [0.25, 0.3) is 5.91 Å². The van der Waals surface area contributed by atoms with Crippen molar-refractivity contribution in [1.82, 2.24) is 9.88 Å². The number of aromatic nitrogens is 1. The van der Waals surface area contributed by atoms with Crippen LogP contribution in [0.2, 0.25) is 0 Å². The maximum atomic E-state index is 12.6. The summed E-state index contributed by atoms with van der Waals surface area (Å²) in [5.74, 6) is 1.62. The number of carbonyl (C=O) groups is 1. The van der Waals surface area contributed by atoms with Gasteiger partial charge in [-0.05, 0) is 30.4 Å². The molecule has 1 rings (SSSR count). The van der Waals surface area contributed by atoms with Crippen molar-refractivity contribution in [2.24, 2.45) is 5.92 Å². The predicted molar refractivity (Wildman–Crippen MR) is 88.9 cm³/mol. The molecule has 0 aromatic carbocycles. The molecule has 1 aromatic rings. The molecule has 0 atom stereocenters. The van der Waals surface area contributed by atoms with Crippen LogP contribution in [0.5, 0.6) is 0 Å². The Morgan fingerprint density at radius 2 is 1.95 bits per heavy atom. The summed E-state index contributed by atoms with van der Waals surface area (Å²) in [7, 11) is 1.86. The lowest BCUT2D eigenvalue weighted by atomic mass is 10.1. The van der Waals surface area contributed by atoms with Gasteiger partial charge in [-0.25, -0.2) is 4.98 Å². The fourth-order valence-corrected chi connectivity index (χ4v) is 2.17. The summed E-state index contributed by atoms with van der Waals surface area (Å²) in [5.41, 5.74) is 1.67. The largest absolute Gasteiger partial charge is 0.370 e. The molecule has 0 radical (unpaired) electrons. The Kier molecular flexibility index (Phi) is 6.66. The lowest BCUT2D eigenvalue weighted by Gasteiger charge is -2.20. The summed E-state index contributed by atoms with van der Waals surface area (Å²) in [4.78, 5) is 18.9.